The number of benzene rings is 3. The molecule has 1 aliphatic rings. The first-order chi connectivity index (χ1) is 24.2. The van der Waals surface area contributed by atoms with Gasteiger partial charge in [0.15, 0.2) is 0 Å². The number of hydrogen-bond acceptors (Lipinski definition) is 8. The highest BCUT2D eigenvalue weighted by Gasteiger charge is 2.62. The highest BCUT2D eigenvalue weighted by molar-refractivity contribution is 6.30. The molecule has 3 unspecified atom stereocenters. The predicted molar refractivity (Wildman–Crippen MR) is 191 cm³/mol. The van der Waals surface area contributed by atoms with E-state index in [-0.39, 0.29) is 23.8 Å². The summed E-state index contributed by atoms with van der Waals surface area (Å²) in [6.45, 7) is 12.5. The van der Waals surface area contributed by atoms with Crippen LogP contribution in [0.5, 0.6) is 5.75 Å². The maximum atomic E-state index is 12.7. The smallest absolute Gasteiger partial charge is 0.426 e. The van der Waals surface area contributed by atoms with Crippen molar-refractivity contribution in [3.05, 3.63) is 120 Å². The zero-order chi connectivity index (χ0) is 39.1. The Labute approximate surface area is 304 Å². The van der Waals surface area contributed by atoms with Crippen LogP contribution in [0, 0.1) is 44.4 Å². The fraction of sp³-hybridized carbons (Fsp3) is 0.368. The summed E-state index contributed by atoms with van der Waals surface area (Å²) in [5.41, 5.74) is 3.28. The van der Waals surface area contributed by atoms with E-state index in [9.17, 15) is 43.0 Å². The van der Waals surface area contributed by atoms with E-state index in [4.69, 9.17) is 21.1 Å². The highest BCUT2D eigenvalue weighted by atomic mass is 35.5. The fourth-order valence-corrected chi connectivity index (χ4v) is 5.76. The van der Waals surface area contributed by atoms with Gasteiger partial charge in [-0.2, -0.15) is 13.2 Å². The quantitative estimate of drug-likeness (QED) is 0.0621. The topological polar surface area (TPSA) is 139 Å². The normalized spacial score (nSPS) is 16.8. The first-order valence-corrected chi connectivity index (χ1v) is 16.7. The summed E-state index contributed by atoms with van der Waals surface area (Å²) in [6, 6.07) is 17.7. The first-order valence-electron chi connectivity index (χ1n) is 16.3. The molecule has 14 heteroatoms. The van der Waals surface area contributed by atoms with Gasteiger partial charge in [0.25, 0.3) is 5.69 Å². The number of nitro groups is 2. The monoisotopic (exact) mass is 744 g/mol. The number of nitro benzene ring substituents is 2. The summed E-state index contributed by atoms with van der Waals surface area (Å²) >= 11 is 5.34. The second-order valence-electron chi connectivity index (χ2n) is 13.3. The molecule has 0 heterocycles. The number of nitrogens with zero attached hydrogens (tertiary/aromatic N) is 2. The molecule has 3 aromatic rings. The van der Waals surface area contributed by atoms with Gasteiger partial charge in [0, 0.05) is 17.7 Å². The van der Waals surface area contributed by atoms with Crippen molar-refractivity contribution >= 4 is 34.9 Å². The molecule has 278 valence electrons. The number of non-ortho nitro benzene ring substituents is 1. The Hall–Kier alpha value is -5.04. The molecular weight excluding hydrogens is 705 g/mol. The van der Waals surface area contributed by atoms with E-state index in [1.807, 2.05) is 62.4 Å². The van der Waals surface area contributed by atoms with Crippen molar-refractivity contribution in [3.63, 3.8) is 0 Å². The Kier molecular flexibility index (Phi) is 13.5. The van der Waals surface area contributed by atoms with Crippen LogP contribution in [0.15, 0.2) is 83.4 Å². The van der Waals surface area contributed by atoms with Gasteiger partial charge < -0.3 is 9.47 Å². The molecule has 0 aromatic heterocycles. The zero-order valence-corrected chi connectivity index (χ0v) is 30.5. The van der Waals surface area contributed by atoms with Gasteiger partial charge in [-0.05, 0) is 66.7 Å². The summed E-state index contributed by atoms with van der Waals surface area (Å²) in [7, 11) is 0. The van der Waals surface area contributed by atoms with Crippen LogP contribution in [-0.2, 0) is 20.9 Å². The average molecular weight is 745 g/mol. The van der Waals surface area contributed by atoms with E-state index in [2.05, 4.69) is 0 Å². The van der Waals surface area contributed by atoms with Crippen molar-refractivity contribution in [2.75, 3.05) is 0 Å². The molecular formula is C38H40ClF3N2O8. The van der Waals surface area contributed by atoms with Gasteiger partial charge in [0.1, 0.15) is 11.6 Å². The van der Waals surface area contributed by atoms with Gasteiger partial charge in [-0.25, -0.2) is 4.79 Å². The number of allylic oxidation sites excluding steroid dienone is 3. The lowest BCUT2D eigenvalue weighted by atomic mass is 9.96. The van der Waals surface area contributed by atoms with E-state index >= 15 is 0 Å². The number of carbonyl (C=O) groups is 2. The van der Waals surface area contributed by atoms with Crippen LogP contribution in [0.2, 0.25) is 0 Å². The molecule has 1 fully saturated rings. The van der Waals surface area contributed by atoms with Crippen LogP contribution in [0.25, 0.3) is 11.1 Å². The van der Waals surface area contributed by atoms with E-state index in [1.54, 1.807) is 34.6 Å². The summed E-state index contributed by atoms with van der Waals surface area (Å²) < 4.78 is 48.7. The van der Waals surface area contributed by atoms with Crippen molar-refractivity contribution in [2.45, 2.75) is 73.6 Å². The van der Waals surface area contributed by atoms with Gasteiger partial charge in [-0.3, -0.25) is 25.0 Å². The largest absolute Gasteiger partial charge is 0.461 e. The van der Waals surface area contributed by atoms with Gasteiger partial charge in [-0.15, -0.1) is 0 Å². The molecule has 3 aromatic carbocycles. The van der Waals surface area contributed by atoms with Gasteiger partial charge in [0.05, 0.1) is 21.8 Å². The van der Waals surface area contributed by atoms with E-state index in [0.717, 1.165) is 34.4 Å². The Bertz CT molecular complexity index is 1890. The van der Waals surface area contributed by atoms with Crippen LogP contribution in [0.1, 0.15) is 70.6 Å². The minimum absolute atomic E-state index is 0.0708. The van der Waals surface area contributed by atoms with E-state index in [0.29, 0.717) is 12.0 Å². The van der Waals surface area contributed by atoms with Crippen LogP contribution >= 0.6 is 11.6 Å². The van der Waals surface area contributed by atoms with E-state index in [1.165, 1.54) is 12.1 Å². The lowest BCUT2D eigenvalue weighted by Crippen LogP contribution is -2.11. The Morgan fingerprint density at radius 3 is 2.19 bits per heavy atom. The lowest BCUT2D eigenvalue weighted by Gasteiger charge is -2.14. The number of rotatable bonds is 11. The van der Waals surface area contributed by atoms with Gasteiger partial charge in [-0.1, -0.05) is 99.5 Å². The van der Waals surface area contributed by atoms with Crippen molar-refractivity contribution in [2.24, 2.45) is 17.3 Å². The minimum Gasteiger partial charge on any atom is -0.461 e. The highest BCUT2D eigenvalue weighted by Crippen LogP contribution is 2.60. The second-order valence-corrected chi connectivity index (χ2v) is 13.7. The van der Waals surface area contributed by atoms with Gasteiger partial charge in [0.2, 0.25) is 5.75 Å². The number of hydrogen-bond donors (Lipinski definition) is 0. The number of carbonyl (C=O) groups excluding carboxylic acids is 2. The van der Waals surface area contributed by atoms with E-state index < -0.39 is 61.6 Å². The summed E-state index contributed by atoms with van der Waals surface area (Å²) in [4.78, 5) is 45.1. The van der Waals surface area contributed by atoms with Crippen LogP contribution in [0.4, 0.5) is 24.5 Å². The molecule has 0 N–H and O–H groups in total. The average Bonchev–Trinajstić information content (AvgIpc) is 3.61. The molecule has 1 saturated carbocycles. The molecule has 1 aliphatic carbocycles. The van der Waals surface area contributed by atoms with Crippen molar-refractivity contribution in [3.8, 4) is 16.9 Å². The Morgan fingerprint density at radius 2 is 1.65 bits per heavy atom. The molecule has 3 atom stereocenters. The molecule has 0 saturated heterocycles. The standard InChI is InChI=1S/C23H22ClF3O2.C15H18N2O6/c1-14-16(10-7-11-17(14)15-8-5-4-6-9-15)13-29-21(28)20-18(22(20,2)3)12-19(24)23(25,26)27;1-5-10(4)12-7-11(16(19)20)8-13(17(21)22)15(12)23-14(18)6-9(2)3/h4-12,18,20H,13H2,1-3H3;6-8,10H,5H2,1-4H3/b19-12-;. The molecule has 0 radical (unpaired) electrons. The third-order valence-corrected chi connectivity index (χ3v) is 9.25. The maximum absolute atomic E-state index is 12.7. The van der Waals surface area contributed by atoms with Crippen LogP contribution in [0.3, 0.4) is 0 Å². The summed E-state index contributed by atoms with van der Waals surface area (Å²) in [5.74, 6) is -2.99. The molecule has 0 spiro atoms. The summed E-state index contributed by atoms with van der Waals surface area (Å²) in [6.07, 6.45) is -1.91. The first kappa shape index (κ1) is 41.4. The third kappa shape index (κ3) is 10.3. The number of esters is 2. The van der Waals surface area contributed by atoms with Crippen molar-refractivity contribution in [1.82, 2.24) is 0 Å². The molecule has 4 rings (SSSR count). The SMILES string of the molecule is CCC(C)c1cc([N+](=O)[O-])cc([N+](=O)[O-])c1OC(=O)C=C(C)C.Cc1c(COC(=O)C2C(/C=C(\Cl)C(F)(F)F)C2(C)C)cccc1-c1ccccc1. The molecule has 0 bridgehead atoms. The fourth-order valence-electron chi connectivity index (χ4n) is 5.62. The van der Waals surface area contributed by atoms with Crippen LogP contribution in [-0.4, -0.2) is 28.0 Å². The molecule has 10 nitrogen and oxygen atoms in total. The maximum Gasteiger partial charge on any atom is 0.426 e. The lowest BCUT2D eigenvalue weighted by molar-refractivity contribution is -0.394. The zero-order valence-electron chi connectivity index (χ0n) is 29.7. The Balaban J connectivity index is 0.000000289. The number of ether oxygens (including phenoxy) is 2. The Morgan fingerprint density at radius 1 is 1.02 bits per heavy atom. The number of alkyl halides is 3. The molecule has 0 aliphatic heterocycles. The predicted octanol–water partition coefficient (Wildman–Crippen LogP) is 10.6. The van der Waals surface area contributed by atoms with Crippen LogP contribution < -0.4 is 4.74 Å². The minimum atomic E-state index is -4.61. The van der Waals surface area contributed by atoms with Crippen molar-refractivity contribution < 1.29 is 42.1 Å². The molecule has 0 amide bonds. The summed E-state index contributed by atoms with van der Waals surface area (Å²) in [5, 5.41) is 21.0. The van der Waals surface area contributed by atoms with Crippen molar-refractivity contribution in [1.29, 1.82) is 0 Å². The van der Waals surface area contributed by atoms with Gasteiger partial charge >= 0.3 is 23.8 Å². The third-order valence-electron chi connectivity index (χ3n) is 8.90. The second kappa shape index (κ2) is 17.0. The molecule has 52 heavy (non-hydrogen) atoms. The number of halogens is 4.